The lowest BCUT2D eigenvalue weighted by atomic mass is 9.83. The standard InChI is InChI=1S/C15H24N2O5S2/c1-15(7-4-8-16-10-15)11-17-24(20,21)14-9-12(23(3,18)19)5-6-13(14)22-2/h5-6,9,16-17H,4,7-8,10-11H2,1-3H3. The van der Waals surface area contributed by atoms with Crippen molar-refractivity contribution in [3.63, 3.8) is 0 Å². The Bertz CT molecular complexity index is 797. The summed E-state index contributed by atoms with van der Waals surface area (Å²) in [5.74, 6) is 0.113. The van der Waals surface area contributed by atoms with Gasteiger partial charge in [0.25, 0.3) is 0 Å². The Morgan fingerprint density at radius 2 is 2.00 bits per heavy atom. The van der Waals surface area contributed by atoms with E-state index in [1.807, 2.05) is 6.92 Å². The molecule has 1 unspecified atom stereocenters. The number of hydrogen-bond acceptors (Lipinski definition) is 6. The lowest BCUT2D eigenvalue weighted by Gasteiger charge is -2.34. The van der Waals surface area contributed by atoms with Crippen LogP contribution in [0.3, 0.4) is 0 Å². The average Bonchev–Trinajstić information content (AvgIpc) is 2.52. The molecular weight excluding hydrogens is 352 g/mol. The second kappa shape index (κ2) is 6.99. The molecule has 0 radical (unpaired) electrons. The first-order valence-corrected chi connectivity index (χ1v) is 11.0. The molecule has 2 N–H and O–H groups in total. The van der Waals surface area contributed by atoms with Crippen LogP contribution in [0.2, 0.25) is 0 Å². The van der Waals surface area contributed by atoms with Crippen LogP contribution in [0.5, 0.6) is 5.75 Å². The van der Waals surface area contributed by atoms with Crippen LogP contribution in [0.25, 0.3) is 0 Å². The van der Waals surface area contributed by atoms with Crippen LogP contribution in [-0.4, -0.2) is 49.8 Å². The number of sulfonamides is 1. The van der Waals surface area contributed by atoms with E-state index in [1.165, 1.54) is 19.2 Å². The van der Waals surface area contributed by atoms with E-state index < -0.39 is 19.9 Å². The Balaban J connectivity index is 2.30. The van der Waals surface area contributed by atoms with Crippen LogP contribution < -0.4 is 14.8 Å². The lowest BCUT2D eigenvalue weighted by molar-refractivity contribution is 0.238. The van der Waals surface area contributed by atoms with E-state index >= 15 is 0 Å². The molecule has 1 aromatic carbocycles. The molecule has 1 heterocycles. The molecule has 0 aliphatic carbocycles. The van der Waals surface area contributed by atoms with Crippen LogP contribution in [-0.2, 0) is 19.9 Å². The molecule has 0 saturated carbocycles. The molecule has 0 amide bonds. The van der Waals surface area contributed by atoms with E-state index in [2.05, 4.69) is 10.0 Å². The molecule has 1 aliphatic heterocycles. The summed E-state index contributed by atoms with van der Waals surface area (Å²) in [6.45, 7) is 3.96. The van der Waals surface area contributed by atoms with Gasteiger partial charge in [-0.1, -0.05) is 6.92 Å². The molecule has 1 atom stereocenters. The Hall–Kier alpha value is -1.16. The SMILES string of the molecule is COc1ccc(S(C)(=O)=O)cc1S(=O)(=O)NCC1(C)CCCNC1. The van der Waals surface area contributed by atoms with Crippen molar-refractivity contribution in [1.82, 2.24) is 10.0 Å². The monoisotopic (exact) mass is 376 g/mol. The van der Waals surface area contributed by atoms with Crippen molar-refractivity contribution in [3.8, 4) is 5.75 Å². The third-order valence-electron chi connectivity index (χ3n) is 4.23. The van der Waals surface area contributed by atoms with Gasteiger partial charge in [-0.15, -0.1) is 0 Å². The Morgan fingerprint density at radius 1 is 1.29 bits per heavy atom. The topological polar surface area (TPSA) is 102 Å². The molecule has 7 nitrogen and oxygen atoms in total. The van der Waals surface area contributed by atoms with Crippen molar-refractivity contribution in [2.24, 2.45) is 5.41 Å². The van der Waals surface area contributed by atoms with Crippen LogP contribution in [0.4, 0.5) is 0 Å². The van der Waals surface area contributed by atoms with Gasteiger partial charge in [0.2, 0.25) is 10.0 Å². The second-order valence-corrected chi connectivity index (χ2v) is 10.3. The molecule has 9 heteroatoms. The lowest BCUT2D eigenvalue weighted by Crippen LogP contribution is -2.45. The number of ether oxygens (including phenoxy) is 1. The van der Waals surface area contributed by atoms with Crippen molar-refractivity contribution in [2.45, 2.75) is 29.6 Å². The first-order chi connectivity index (χ1) is 11.1. The van der Waals surface area contributed by atoms with Crippen molar-refractivity contribution in [2.75, 3.05) is 33.0 Å². The molecule has 136 valence electrons. The summed E-state index contributed by atoms with van der Waals surface area (Å²) in [5, 5.41) is 3.26. The maximum Gasteiger partial charge on any atom is 0.244 e. The van der Waals surface area contributed by atoms with Crippen molar-refractivity contribution < 1.29 is 21.6 Å². The summed E-state index contributed by atoms with van der Waals surface area (Å²) < 4.78 is 56.4. The molecule has 0 bridgehead atoms. The third kappa shape index (κ3) is 4.47. The fraction of sp³-hybridized carbons (Fsp3) is 0.600. The van der Waals surface area contributed by atoms with Gasteiger partial charge in [0.05, 0.1) is 12.0 Å². The highest BCUT2D eigenvalue weighted by Gasteiger charge is 2.30. The van der Waals surface area contributed by atoms with Gasteiger partial charge in [0.15, 0.2) is 9.84 Å². The summed E-state index contributed by atoms with van der Waals surface area (Å²) >= 11 is 0. The van der Waals surface area contributed by atoms with E-state index in [9.17, 15) is 16.8 Å². The number of hydrogen-bond donors (Lipinski definition) is 2. The summed E-state index contributed by atoms with van der Waals surface area (Å²) in [6, 6.07) is 3.83. The first-order valence-electron chi connectivity index (χ1n) is 7.66. The third-order valence-corrected chi connectivity index (χ3v) is 6.76. The number of rotatable bonds is 6. The number of benzene rings is 1. The van der Waals surface area contributed by atoms with Crippen LogP contribution in [0.1, 0.15) is 19.8 Å². The van der Waals surface area contributed by atoms with E-state index in [4.69, 9.17) is 4.74 Å². The van der Waals surface area contributed by atoms with Gasteiger partial charge in [-0.05, 0) is 43.0 Å². The van der Waals surface area contributed by atoms with Gasteiger partial charge in [-0.2, -0.15) is 0 Å². The summed E-state index contributed by atoms with van der Waals surface area (Å²) in [5.41, 5.74) is -0.174. The molecule has 1 aliphatic rings. The Labute approximate surface area is 143 Å². The maximum atomic E-state index is 12.7. The molecule has 0 aromatic heterocycles. The minimum absolute atomic E-state index is 0.0609. The summed E-state index contributed by atoms with van der Waals surface area (Å²) in [7, 11) is -6.06. The zero-order valence-electron chi connectivity index (χ0n) is 14.1. The smallest absolute Gasteiger partial charge is 0.244 e. The van der Waals surface area contributed by atoms with E-state index in [-0.39, 0.29) is 27.5 Å². The van der Waals surface area contributed by atoms with Crippen molar-refractivity contribution >= 4 is 19.9 Å². The Morgan fingerprint density at radius 3 is 2.54 bits per heavy atom. The molecular formula is C15H24N2O5S2. The fourth-order valence-corrected chi connectivity index (χ4v) is 4.83. The Kier molecular flexibility index (Phi) is 5.58. The molecule has 0 spiro atoms. The average molecular weight is 377 g/mol. The van der Waals surface area contributed by atoms with Crippen molar-refractivity contribution in [3.05, 3.63) is 18.2 Å². The molecule has 1 fully saturated rings. The highest BCUT2D eigenvalue weighted by atomic mass is 32.2. The normalized spacial score (nSPS) is 22.3. The second-order valence-electron chi connectivity index (χ2n) is 6.50. The van der Waals surface area contributed by atoms with Crippen molar-refractivity contribution in [1.29, 1.82) is 0 Å². The molecule has 1 saturated heterocycles. The predicted octanol–water partition coefficient (Wildman–Crippen LogP) is 0.767. The quantitative estimate of drug-likeness (QED) is 0.760. The number of nitrogens with one attached hydrogen (secondary N) is 2. The number of piperidine rings is 1. The summed E-state index contributed by atoms with van der Waals surface area (Å²) in [6.07, 6.45) is 2.95. The maximum absolute atomic E-state index is 12.7. The largest absolute Gasteiger partial charge is 0.495 e. The minimum Gasteiger partial charge on any atom is -0.495 e. The van der Waals surface area contributed by atoms with Crippen LogP contribution in [0, 0.1) is 5.41 Å². The predicted molar refractivity (Wildman–Crippen MR) is 91.5 cm³/mol. The van der Waals surface area contributed by atoms with Crippen LogP contribution >= 0.6 is 0 Å². The zero-order valence-corrected chi connectivity index (χ0v) is 15.8. The zero-order chi connectivity index (χ0) is 18.0. The minimum atomic E-state index is -3.89. The summed E-state index contributed by atoms with van der Waals surface area (Å²) in [4.78, 5) is -0.227. The van der Waals surface area contributed by atoms with E-state index in [1.54, 1.807) is 0 Å². The molecule has 1 aromatic rings. The highest BCUT2D eigenvalue weighted by Crippen LogP contribution is 2.29. The molecule has 2 rings (SSSR count). The van der Waals surface area contributed by atoms with Gasteiger partial charge in [-0.3, -0.25) is 0 Å². The van der Waals surface area contributed by atoms with Gasteiger partial charge >= 0.3 is 0 Å². The first kappa shape index (κ1) is 19.2. The van der Waals surface area contributed by atoms with E-state index in [0.717, 1.165) is 38.3 Å². The highest BCUT2D eigenvalue weighted by molar-refractivity contribution is 7.91. The number of methoxy groups -OCH3 is 1. The number of sulfone groups is 1. The van der Waals surface area contributed by atoms with E-state index in [0.29, 0.717) is 0 Å². The fourth-order valence-electron chi connectivity index (χ4n) is 2.71. The van der Waals surface area contributed by atoms with Gasteiger partial charge in [-0.25, -0.2) is 21.6 Å². The van der Waals surface area contributed by atoms with Gasteiger partial charge in [0.1, 0.15) is 10.6 Å². The van der Waals surface area contributed by atoms with Gasteiger partial charge in [0, 0.05) is 19.3 Å². The molecule has 24 heavy (non-hydrogen) atoms. The van der Waals surface area contributed by atoms with Gasteiger partial charge < -0.3 is 10.1 Å². The van der Waals surface area contributed by atoms with Crippen LogP contribution in [0.15, 0.2) is 28.0 Å².